The molecule has 2 amide bonds. The number of amides is 2. The van der Waals surface area contributed by atoms with Crippen molar-refractivity contribution in [2.45, 2.75) is 6.42 Å². The van der Waals surface area contributed by atoms with E-state index in [0.717, 1.165) is 5.56 Å². The number of hydrogen-bond donors (Lipinski definition) is 1. The maximum Gasteiger partial charge on any atom is 0.264 e. The molecule has 0 bridgehead atoms. The Labute approximate surface area is 101 Å². The van der Waals surface area contributed by atoms with Gasteiger partial charge in [-0.3, -0.25) is 14.9 Å². The summed E-state index contributed by atoms with van der Waals surface area (Å²) >= 11 is 1.91. The minimum Gasteiger partial charge on any atom is -0.288 e. The summed E-state index contributed by atoms with van der Waals surface area (Å²) in [6.07, 6.45) is 0.511. The Kier molecular flexibility index (Phi) is 2.86. The van der Waals surface area contributed by atoms with Crippen molar-refractivity contribution >= 4 is 34.4 Å². The SMILES string of the molecule is O=C1NC(=O)C(Cc2ccccc2)=C1I. The van der Waals surface area contributed by atoms with E-state index in [-0.39, 0.29) is 11.8 Å². The first-order chi connectivity index (χ1) is 7.18. The lowest BCUT2D eigenvalue weighted by molar-refractivity contribution is -0.123. The van der Waals surface area contributed by atoms with Crippen LogP contribution in [0.2, 0.25) is 0 Å². The second kappa shape index (κ2) is 4.14. The first-order valence-electron chi connectivity index (χ1n) is 4.47. The zero-order valence-electron chi connectivity index (χ0n) is 7.79. The van der Waals surface area contributed by atoms with Crippen LogP contribution in [0.25, 0.3) is 0 Å². The van der Waals surface area contributed by atoms with E-state index in [2.05, 4.69) is 5.32 Å². The molecule has 1 aromatic rings. The molecule has 0 spiro atoms. The number of halogens is 1. The second-order valence-corrected chi connectivity index (χ2v) is 4.32. The summed E-state index contributed by atoms with van der Waals surface area (Å²) in [6.45, 7) is 0. The molecule has 76 valence electrons. The Hall–Kier alpha value is -1.17. The van der Waals surface area contributed by atoms with Crippen LogP contribution in [0.4, 0.5) is 0 Å². The Morgan fingerprint density at radius 2 is 1.73 bits per heavy atom. The lowest BCUT2D eigenvalue weighted by Gasteiger charge is -2.00. The summed E-state index contributed by atoms with van der Waals surface area (Å²) in [5, 5.41) is 2.28. The average molecular weight is 313 g/mol. The van der Waals surface area contributed by atoms with Crippen molar-refractivity contribution in [2.75, 3.05) is 0 Å². The fourth-order valence-electron chi connectivity index (χ4n) is 1.43. The van der Waals surface area contributed by atoms with Gasteiger partial charge in [0.05, 0.1) is 3.58 Å². The first-order valence-corrected chi connectivity index (χ1v) is 5.54. The fraction of sp³-hybridized carbons (Fsp3) is 0.0909. The number of benzene rings is 1. The molecule has 0 unspecified atom stereocenters. The molecule has 15 heavy (non-hydrogen) atoms. The predicted octanol–water partition coefficient (Wildman–Crippen LogP) is 1.57. The normalized spacial score (nSPS) is 15.8. The van der Waals surface area contributed by atoms with Crippen LogP contribution in [0, 0.1) is 0 Å². The van der Waals surface area contributed by atoms with Gasteiger partial charge in [0.15, 0.2) is 0 Å². The molecule has 1 N–H and O–H groups in total. The number of nitrogens with one attached hydrogen (secondary N) is 1. The molecule has 3 nitrogen and oxygen atoms in total. The zero-order valence-corrected chi connectivity index (χ0v) is 9.95. The van der Waals surface area contributed by atoms with Crippen molar-refractivity contribution in [3.63, 3.8) is 0 Å². The summed E-state index contributed by atoms with van der Waals surface area (Å²) in [4.78, 5) is 22.6. The maximum atomic E-state index is 11.4. The monoisotopic (exact) mass is 313 g/mol. The van der Waals surface area contributed by atoms with Crippen LogP contribution in [0.1, 0.15) is 5.56 Å². The van der Waals surface area contributed by atoms with E-state index in [1.165, 1.54) is 0 Å². The van der Waals surface area contributed by atoms with Gasteiger partial charge in [-0.2, -0.15) is 0 Å². The van der Waals surface area contributed by atoms with Crippen molar-refractivity contribution in [1.29, 1.82) is 0 Å². The van der Waals surface area contributed by atoms with Crippen molar-refractivity contribution in [2.24, 2.45) is 0 Å². The number of carbonyl (C=O) groups is 2. The summed E-state index contributed by atoms with van der Waals surface area (Å²) in [5.41, 5.74) is 1.60. The van der Waals surface area contributed by atoms with Crippen molar-refractivity contribution in [1.82, 2.24) is 5.32 Å². The molecular weight excluding hydrogens is 305 g/mol. The number of rotatable bonds is 2. The minimum absolute atomic E-state index is 0.270. The Morgan fingerprint density at radius 3 is 2.27 bits per heavy atom. The average Bonchev–Trinajstić information content (AvgIpc) is 2.47. The van der Waals surface area contributed by atoms with Gasteiger partial charge in [-0.25, -0.2) is 0 Å². The van der Waals surface area contributed by atoms with Crippen LogP contribution < -0.4 is 5.32 Å². The minimum atomic E-state index is -0.286. The molecule has 0 aliphatic carbocycles. The van der Waals surface area contributed by atoms with Gasteiger partial charge in [-0.05, 0) is 28.2 Å². The van der Waals surface area contributed by atoms with Crippen LogP contribution in [0.5, 0.6) is 0 Å². The second-order valence-electron chi connectivity index (χ2n) is 3.24. The standard InChI is InChI=1S/C11H8INO2/c12-9-8(10(14)13-11(9)15)6-7-4-2-1-3-5-7/h1-5H,6H2,(H,13,14,15). The summed E-state index contributed by atoms with van der Waals surface area (Å²) in [7, 11) is 0. The number of hydrogen-bond acceptors (Lipinski definition) is 2. The Balaban J connectivity index is 2.27. The van der Waals surface area contributed by atoms with Crippen LogP contribution in [-0.4, -0.2) is 11.8 Å². The highest BCUT2D eigenvalue weighted by molar-refractivity contribution is 14.1. The van der Waals surface area contributed by atoms with Crippen molar-refractivity contribution in [3.8, 4) is 0 Å². The van der Waals surface area contributed by atoms with E-state index < -0.39 is 0 Å². The van der Waals surface area contributed by atoms with Gasteiger partial charge in [0.2, 0.25) is 0 Å². The molecule has 0 radical (unpaired) electrons. The molecule has 4 heteroatoms. The topological polar surface area (TPSA) is 46.2 Å². The van der Waals surface area contributed by atoms with E-state index >= 15 is 0 Å². The van der Waals surface area contributed by atoms with E-state index in [9.17, 15) is 9.59 Å². The number of imide groups is 1. The van der Waals surface area contributed by atoms with Gasteiger partial charge >= 0.3 is 0 Å². The first kappa shape index (κ1) is 10.4. The van der Waals surface area contributed by atoms with Gasteiger partial charge < -0.3 is 0 Å². The third-order valence-electron chi connectivity index (χ3n) is 2.19. The van der Waals surface area contributed by atoms with Crippen LogP contribution in [0.15, 0.2) is 39.5 Å². The maximum absolute atomic E-state index is 11.4. The largest absolute Gasteiger partial charge is 0.288 e. The summed E-state index contributed by atoms with van der Waals surface area (Å²) in [6, 6.07) is 9.62. The van der Waals surface area contributed by atoms with E-state index in [0.29, 0.717) is 15.6 Å². The van der Waals surface area contributed by atoms with Crippen LogP contribution >= 0.6 is 22.6 Å². The van der Waals surface area contributed by atoms with Crippen molar-refractivity contribution in [3.05, 3.63) is 45.0 Å². The van der Waals surface area contributed by atoms with Gasteiger partial charge in [0, 0.05) is 12.0 Å². The highest BCUT2D eigenvalue weighted by atomic mass is 127. The third-order valence-corrected chi connectivity index (χ3v) is 3.33. The molecular formula is C11H8INO2. The zero-order chi connectivity index (χ0) is 10.8. The highest BCUT2D eigenvalue weighted by Crippen LogP contribution is 2.22. The lowest BCUT2D eigenvalue weighted by atomic mass is 10.1. The fourth-order valence-corrected chi connectivity index (χ4v) is 2.00. The van der Waals surface area contributed by atoms with E-state index in [1.807, 2.05) is 52.9 Å². The molecule has 1 aromatic carbocycles. The molecule has 1 heterocycles. The summed E-state index contributed by atoms with van der Waals surface area (Å²) < 4.78 is 0.501. The molecule has 1 aliphatic heterocycles. The van der Waals surface area contributed by atoms with Gasteiger partial charge in [0.1, 0.15) is 0 Å². The molecule has 1 aliphatic rings. The van der Waals surface area contributed by atoms with Gasteiger partial charge in [0.25, 0.3) is 11.8 Å². The number of carbonyl (C=O) groups excluding carboxylic acids is 2. The van der Waals surface area contributed by atoms with Crippen molar-refractivity contribution < 1.29 is 9.59 Å². The summed E-state index contributed by atoms with van der Waals surface area (Å²) in [5.74, 6) is -0.556. The Bertz CT molecular complexity index is 451. The van der Waals surface area contributed by atoms with E-state index in [4.69, 9.17) is 0 Å². The van der Waals surface area contributed by atoms with Crippen LogP contribution in [0.3, 0.4) is 0 Å². The van der Waals surface area contributed by atoms with Gasteiger partial charge in [-0.1, -0.05) is 30.3 Å². The van der Waals surface area contributed by atoms with Crippen LogP contribution in [-0.2, 0) is 16.0 Å². The molecule has 0 aromatic heterocycles. The predicted molar refractivity (Wildman–Crippen MR) is 64.3 cm³/mol. The molecule has 0 saturated carbocycles. The Morgan fingerprint density at radius 1 is 1.07 bits per heavy atom. The molecule has 0 fully saturated rings. The van der Waals surface area contributed by atoms with E-state index in [1.54, 1.807) is 0 Å². The molecule has 2 rings (SSSR count). The molecule has 0 saturated heterocycles. The smallest absolute Gasteiger partial charge is 0.264 e. The third kappa shape index (κ3) is 2.09. The quantitative estimate of drug-likeness (QED) is 0.665. The lowest BCUT2D eigenvalue weighted by Crippen LogP contribution is -2.23. The molecule has 0 atom stereocenters. The van der Waals surface area contributed by atoms with Gasteiger partial charge in [-0.15, -0.1) is 0 Å². The highest BCUT2D eigenvalue weighted by Gasteiger charge is 2.27.